The Bertz CT molecular complexity index is 313. The second kappa shape index (κ2) is 3.92. The predicted octanol–water partition coefficient (Wildman–Crippen LogP) is 0.699. The molecular formula is C10H13NO4. The van der Waals surface area contributed by atoms with Gasteiger partial charge in [0.2, 0.25) is 0 Å². The van der Waals surface area contributed by atoms with Crippen LogP contribution in [-0.4, -0.2) is 42.8 Å². The lowest BCUT2D eigenvalue weighted by atomic mass is 10.1. The van der Waals surface area contributed by atoms with E-state index in [9.17, 15) is 9.59 Å². The van der Waals surface area contributed by atoms with Crippen molar-refractivity contribution in [3.63, 3.8) is 0 Å². The molecule has 0 aromatic carbocycles. The van der Waals surface area contributed by atoms with Crippen molar-refractivity contribution in [2.45, 2.75) is 25.0 Å². The molecular weight excluding hydrogens is 198 g/mol. The number of esters is 1. The molecule has 5 nitrogen and oxygen atoms in total. The van der Waals surface area contributed by atoms with Gasteiger partial charge in [0.1, 0.15) is 6.10 Å². The highest BCUT2D eigenvalue weighted by atomic mass is 16.6. The Labute approximate surface area is 87.6 Å². The maximum absolute atomic E-state index is 11.4. The number of carbonyl (C=O) groups is 2. The first kappa shape index (κ1) is 10.0. The number of carbonyl (C=O) groups excluding carboxylic acids is 2. The molecule has 15 heavy (non-hydrogen) atoms. The second-order valence-electron chi connectivity index (χ2n) is 3.63. The van der Waals surface area contributed by atoms with E-state index in [2.05, 4.69) is 4.74 Å². The lowest BCUT2D eigenvalue weighted by Crippen LogP contribution is -2.42. The van der Waals surface area contributed by atoms with Gasteiger partial charge in [-0.25, -0.2) is 9.59 Å². The Balaban J connectivity index is 2.05. The third-order valence-electron chi connectivity index (χ3n) is 2.76. The van der Waals surface area contributed by atoms with Crippen molar-refractivity contribution in [2.75, 3.05) is 13.7 Å². The van der Waals surface area contributed by atoms with Crippen molar-refractivity contribution >= 4 is 12.1 Å². The van der Waals surface area contributed by atoms with E-state index >= 15 is 0 Å². The van der Waals surface area contributed by atoms with E-state index in [0.29, 0.717) is 6.54 Å². The molecule has 0 spiro atoms. The van der Waals surface area contributed by atoms with Gasteiger partial charge in [0.05, 0.1) is 13.2 Å². The van der Waals surface area contributed by atoms with Crippen LogP contribution in [0, 0.1) is 0 Å². The fourth-order valence-corrected chi connectivity index (χ4v) is 2.07. The maximum Gasteiger partial charge on any atom is 0.409 e. The molecule has 1 saturated heterocycles. The van der Waals surface area contributed by atoms with E-state index in [-0.39, 0.29) is 24.2 Å². The van der Waals surface area contributed by atoms with Crippen LogP contribution in [0.4, 0.5) is 4.79 Å². The minimum atomic E-state index is -0.353. The zero-order valence-electron chi connectivity index (χ0n) is 8.51. The van der Waals surface area contributed by atoms with Crippen molar-refractivity contribution < 1.29 is 19.1 Å². The summed E-state index contributed by atoms with van der Waals surface area (Å²) in [6, 6.07) is -0.0693. The van der Waals surface area contributed by atoms with E-state index in [1.54, 1.807) is 11.0 Å². The summed E-state index contributed by atoms with van der Waals surface area (Å²) in [7, 11) is 1.36. The summed E-state index contributed by atoms with van der Waals surface area (Å²) in [4.78, 5) is 23.9. The lowest BCUT2D eigenvalue weighted by molar-refractivity contribution is -0.140. The first-order valence-corrected chi connectivity index (χ1v) is 4.96. The minimum Gasteiger partial charge on any atom is -0.453 e. The topological polar surface area (TPSA) is 55.8 Å². The van der Waals surface area contributed by atoms with Crippen molar-refractivity contribution in [3.8, 4) is 0 Å². The summed E-state index contributed by atoms with van der Waals surface area (Å²) in [5, 5.41) is 0. The molecule has 2 aliphatic heterocycles. The number of likely N-dealkylation sites (tertiary alicyclic amines) is 1. The van der Waals surface area contributed by atoms with Crippen LogP contribution in [-0.2, 0) is 14.3 Å². The SMILES string of the molecule is COC(=O)N1CCCC1C1C=CC(=O)O1. The minimum absolute atomic E-state index is 0.0693. The fraction of sp³-hybridized carbons (Fsp3) is 0.600. The molecule has 2 unspecified atom stereocenters. The number of ether oxygens (including phenoxy) is 2. The van der Waals surface area contributed by atoms with E-state index in [4.69, 9.17) is 4.74 Å². The Morgan fingerprint density at radius 1 is 1.67 bits per heavy atom. The molecule has 2 rings (SSSR count). The largest absolute Gasteiger partial charge is 0.453 e. The summed E-state index contributed by atoms with van der Waals surface area (Å²) >= 11 is 0. The molecule has 0 bridgehead atoms. The molecule has 0 aromatic heterocycles. The summed E-state index contributed by atoms with van der Waals surface area (Å²) in [6.07, 6.45) is 4.21. The number of hydrogen-bond donors (Lipinski definition) is 0. The molecule has 82 valence electrons. The molecule has 2 aliphatic rings. The van der Waals surface area contributed by atoms with E-state index < -0.39 is 0 Å². The van der Waals surface area contributed by atoms with Gasteiger partial charge in [0, 0.05) is 12.6 Å². The van der Waals surface area contributed by atoms with Crippen LogP contribution in [0.2, 0.25) is 0 Å². The highest BCUT2D eigenvalue weighted by Gasteiger charge is 2.37. The predicted molar refractivity (Wildman–Crippen MR) is 51.2 cm³/mol. The van der Waals surface area contributed by atoms with Gasteiger partial charge in [-0.1, -0.05) is 0 Å². The first-order valence-electron chi connectivity index (χ1n) is 4.96. The Morgan fingerprint density at radius 3 is 3.07 bits per heavy atom. The zero-order chi connectivity index (χ0) is 10.8. The van der Waals surface area contributed by atoms with Gasteiger partial charge in [0.15, 0.2) is 0 Å². The number of rotatable bonds is 1. The van der Waals surface area contributed by atoms with Crippen LogP contribution in [0.3, 0.4) is 0 Å². The van der Waals surface area contributed by atoms with E-state index in [1.807, 2.05) is 0 Å². The molecule has 5 heteroatoms. The van der Waals surface area contributed by atoms with Crippen LogP contribution in [0.25, 0.3) is 0 Å². The van der Waals surface area contributed by atoms with Crippen molar-refractivity contribution in [1.29, 1.82) is 0 Å². The molecule has 0 saturated carbocycles. The van der Waals surface area contributed by atoms with Gasteiger partial charge in [0.25, 0.3) is 0 Å². The first-order chi connectivity index (χ1) is 7.22. The monoisotopic (exact) mass is 211 g/mol. The van der Waals surface area contributed by atoms with Crippen LogP contribution >= 0.6 is 0 Å². The van der Waals surface area contributed by atoms with Crippen molar-refractivity contribution in [3.05, 3.63) is 12.2 Å². The Morgan fingerprint density at radius 2 is 2.47 bits per heavy atom. The Hall–Kier alpha value is -1.52. The molecule has 0 aliphatic carbocycles. The number of methoxy groups -OCH3 is 1. The molecule has 1 amide bonds. The number of hydrogen-bond acceptors (Lipinski definition) is 4. The highest BCUT2D eigenvalue weighted by molar-refractivity contribution is 5.84. The standard InChI is InChI=1S/C10H13NO4/c1-14-10(13)11-6-2-3-7(11)8-4-5-9(12)15-8/h4-5,7-8H,2-3,6H2,1H3. The van der Waals surface area contributed by atoms with Crippen LogP contribution in [0.5, 0.6) is 0 Å². The third-order valence-corrected chi connectivity index (χ3v) is 2.76. The summed E-state index contributed by atoms with van der Waals surface area (Å²) in [5.74, 6) is -0.336. The van der Waals surface area contributed by atoms with Gasteiger partial charge >= 0.3 is 12.1 Å². The van der Waals surface area contributed by atoms with Gasteiger partial charge in [-0.15, -0.1) is 0 Å². The van der Waals surface area contributed by atoms with E-state index in [0.717, 1.165) is 12.8 Å². The van der Waals surface area contributed by atoms with E-state index in [1.165, 1.54) is 13.2 Å². The number of amides is 1. The van der Waals surface area contributed by atoms with Crippen molar-refractivity contribution in [2.24, 2.45) is 0 Å². The van der Waals surface area contributed by atoms with Crippen molar-refractivity contribution in [1.82, 2.24) is 4.90 Å². The van der Waals surface area contributed by atoms with Gasteiger partial charge in [-0.3, -0.25) is 0 Å². The number of nitrogens with zero attached hydrogens (tertiary/aromatic N) is 1. The quantitative estimate of drug-likeness (QED) is 0.599. The van der Waals surface area contributed by atoms with Crippen LogP contribution in [0.15, 0.2) is 12.2 Å². The highest BCUT2D eigenvalue weighted by Crippen LogP contribution is 2.25. The molecule has 0 radical (unpaired) electrons. The summed E-state index contributed by atoms with van der Waals surface area (Å²) in [5.41, 5.74) is 0. The fourth-order valence-electron chi connectivity index (χ4n) is 2.07. The van der Waals surface area contributed by atoms with Crippen LogP contribution < -0.4 is 0 Å². The summed E-state index contributed by atoms with van der Waals surface area (Å²) in [6.45, 7) is 0.666. The summed E-state index contributed by atoms with van der Waals surface area (Å²) < 4.78 is 9.74. The van der Waals surface area contributed by atoms with Gasteiger partial charge < -0.3 is 14.4 Å². The smallest absolute Gasteiger partial charge is 0.409 e. The van der Waals surface area contributed by atoms with Gasteiger partial charge in [-0.2, -0.15) is 0 Å². The van der Waals surface area contributed by atoms with Crippen LogP contribution in [0.1, 0.15) is 12.8 Å². The normalized spacial score (nSPS) is 29.4. The Kier molecular flexibility index (Phi) is 2.62. The number of cyclic esters (lactones) is 1. The average Bonchev–Trinajstić information content (AvgIpc) is 2.84. The third kappa shape index (κ3) is 1.82. The molecule has 2 heterocycles. The molecule has 0 N–H and O–H groups in total. The molecule has 1 fully saturated rings. The maximum atomic E-state index is 11.4. The molecule has 2 atom stereocenters. The average molecular weight is 211 g/mol. The zero-order valence-corrected chi connectivity index (χ0v) is 8.51. The molecule has 0 aromatic rings. The van der Waals surface area contributed by atoms with Gasteiger partial charge in [-0.05, 0) is 18.9 Å². The lowest BCUT2D eigenvalue weighted by Gasteiger charge is -2.26. The second-order valence-corrected chi connectivity index (χ2v) is 3.63.